The van der Waals surface area contributed by atoms with Crippen molar-refractivity contribution in [3.63, 3.8) is 0 Å². The third-order valence-electron chi connectivity index (χ3n) is 3.09. The molecular formula is C14H17ClN4OS. The maximum atomic E-state index is 12.0. The van der Waals surface area contributed by atoms with E-state index in [1.165, 1.54) is 11.8 Å². The molecule has 0 fully saturated rings. The molecule has 0 bridgehead atoms. The van der Waals surface area contributed by atoms with Gasteiger partial charge in [-0.3, -0.25) is 9.48 Å². The highest BCUT2D eigenvalue weighted by Gasteiger charge is 2.13. The molecule has 112 valence electrons. The number of hydrogen-bond acceptors (Lipinski definition) is 4. The zero-order valence-electron chi connectivity index (χ0n) is 12.1. The number of nitrogens with zero attached hydrogens (tertiary/aromatic N) is 2. The van der Waals surface area contributed by atoms with Crippen LogP contribution in [0.5, 0.6) is 0 Å². The summed E-state index contributed by atoms with van der Waals surface area (Å²) in [5, 5.41) is 7.71. The zero-order valence-corrected chi connectivity index (χ0v) is 13.7. The van der Waals surface area contributed by atoms with Crippen LogP contribution in [-0.2, 0) is 11.8 Å². The van der Waals surface area contributed by atoms with Crippen LogP contribution in [0.4, 0.5) is 11.4 Å². The van der Waals surface area contributed by atoms with Gasteiger partial charge in [-0.25, -0.2) is 0 Å². The Morgan fingerprint density at radius 3 is 2.76 bits per heavy atom. The Bertz CT molecular complexity index is 684. The minimum absolute atomic E-state index is 0.0907. The summed E-state index contributed by atoms with van der Waals surface area (Å²) in [7, 11) is 1.85. The Hall–Kier alpha value is -1.66. The summed E-state index contributed by atoms with van der Waals surface area (Å²) >= 11 is 7.46. The molecule has 0 saturated carbocycles. The number of nitrogens with one attached hydrogen (secondary N) is 1. The quantitative estimate of drug-likeness (QED) is 0.670. The van der Waals surface area contributed by atoms with E-state index in [-0.39, 0.29) is 11.7 Å². The lowest BCUT2D eigenvalue weighted by Crippen LogP contribution is -2.15. The van der Waals surface area contributed by atoms with Crippen LogP contribution in [0.1, 0.15) is 11.4 Å². The number of anilines is 2. The third kappa shape index (κ3) is 3.71. The van der Waals surface area contributed by atoms with Gasteiger partial charge in [0.2, 0.25) is 5.91 Å². The summed E-state index contributed by atoms with van der Waals surface area (Å²) in [5.74, 6) is 0.185. The van der Waals surface area contributed by atoms with Crippen molar-refractivity contribution in [2.75, 3.05) is 16.8 Å². The van der Waals surface area contributed by atoms with Gasteiger partial charge >= 0.3 is 0 Å². The van der Waals surface area contributed by atoms with Crippen LogP contribution in [0, 0.1) is 13.8 Å². The number of benzene rings is 1. The highest BCUT2D eigenvalue weighted by molar-refractivity contribution is 8.00. The van der Waals surface area contributed by atoms with Crippen molar-refractivity contribution in [2.24, 2.45) is 7.05 Å². The van der Waals surface area contributed by atoms with Crippen molar-refractivity contribution >= 4 is 40.6 Å². The van der Waals surface area contributed by atoms with Crippen molar-refractivity contribution < 1.29 is 4.79 Å². The molecule has 2 rings (SSSR count). The first-order valence-electron chi connectivity index (χ1n) is 6.36. The van der Waals surface area contributed by atoms with Crippen molar-refractivity contribution in [3.8, 4) is 0 Å². The topological polar surface area (TPSA) is 72.9 Å². The van der Waals surface area contributed by atoms with E-state index in [0.29, 0.717) is 10.7 Å². The standard InChI is InChI=1S/C14H17ClN4OS/c1-8-14(9(2)19(3)18-8)17-13(20)7-21-12-5-4-10(16)6-11(12)15/h4-6H,7,16H2,1-3H3,(H,17,20). The molecule has 0 radical (unpaired) electrons. The predicted octanol–water partition coefficient (Wildman–Crippen LogP) is 3.00. The number of amides is 1. The normalized spacial score (nSPS) is 10.7. The largest absolute Gasteiger partial charge is 0.399 e. The van der Waals surface area contributed by atoms with Gasteiger partial charge in [-0.1, -0.05) is 11.6 Å². The van der Waals surface area contributed by atoms with E-state index in [1.54, 1.807) is 16.8 Å². The van der Waals surface area contributed by atoms with Crippen LogP contribution in [-0.4, -0.2) is 21.4 Å². The summed E-state index contributed by atoms with van der Waals surface area (Å²) in [6, 6.07) is 5.26. The average molecular weight is 325 g/mol. The SMILES string of the molecule is Cc1nn(C)c(C)c1NC(=O)CSc1ccc(N)cc1Cl. The van der Waals surface area contributed by atoms with Crippen LogP contribution in [0.2, 0.25) is 5.02 Å². The number of thioether (sulfide) groups is 1. The number of carbonyl (C=O) groups is 1. The lowest BCUT2D eigenvalue weighted by Gasteiger charge is -2.07. The maximum absolute atomic E-state index is 12.0. The predicted molar refractivity (Wildman–Crippen MR) is 87.9 cm³/mol. The van der Waals surface area contributed by atoms with Gasteiger partial charge in [-0.05, 0) is 32.0 Å². The fourth-order valence-corrected chi connectivity index (χ4v) is 2.98. The molecule has 1 aromatic heterocycles. The number of carbonyl (C=O) groups excluding carboxylic acids is 1. The molecule has 0 spiro atoms. The maximum Gasteiger partial charge on any atom is 0.234 e. The minimum Gasteiger partial charge on any atom is -0.399 e. The van der Waals surface area contributed by atoms with Gasteiger partial charge in [0.05, 0.1) is 27.9 Å². The zero-order chi connectivity index (χ0) is 15.6. The number of aromatic nitrogens is 2. The van der Waals surface area contributed by atoms with Gasteiger partial charge in [0.15, 0.2) is 0 Å². The molecule has 3 N–H and O–H groups in total. The van der Waals surface area contributed by atoms with Gasteiger partial charge in [0.25, 0.3) is 0 Å². The van der Waals surface area contributed by atoms with Crippen molar-refractivity contribution in [1.82, 2.24) is 9.78 Å². The lowest BCUT2D eigenvalue weighted by atomic mass is 10.3. The highest BCUT2D eigenvalue weighted by Crippen LogP contribution is 2.29. The summed E-state index contributed by atoms with van der Waals surface area (Å²) in [6.07, 6.45) is 0. The van der Waals surface area contributed by atoms with Crippen molar-refractivity contribution in [3.05, 3.63) is 34.6 Å². The van der Waals surface area contributed by atoms with Gasteiger partial charge in [-0.2, -0.15) is 5.10 Å². The molecule has 1 amide bonds. The Morgan fingerprint density at radius 2 is 2.19 bits per heavy atom. The molecule has 1 aromatic carbocycles. The second-order valence-corrected chi connectivity index (χ2v) is 6.12. The lowest BCUT2D eigenvalue weighted by molar-refractivity contribution is -0.113. The number of rotatable bonds is 4. The molecular weight excluding hydrogens is 308 g/mol. The molecule has 0 aliphatic heterocycles. The van der Waals surface area contributed by atoms with Gasteiger partial charge < -0.3 is 11.1 Å². The molecule has 21 heavy (non-hydrogen) atoms. The first-order valence-corrected chi connectivity index (χ1v) is 7.72. The van der Waals surface area contributed by atoms with E-state index in [1.807, 2.05) is 27.0 Å². The minimum atomic E-state index is -0.0907. The molecule has 2 aromatic rings. The Balaban J connectivity index is 1.99. The van der Waals surface area contributed by atoms with Crippen LogP contribution in [0.25, 0.3) is 0 Å². The van der Waals surface area contributed by atoms with Gasteiger partial charge in [0.1, 0.15) is 0 Å². The number of aryl methyl sites for hydroxylation is 2. The Labute approximate surface area is 132 Å². The summed E-state index contributed by atoms with van der Waals surface area (Å²) < 4.78 is 1.74. The Kier molecular flexibility index (Phi) is 4.80. The highest BCUT2D eigenvalue weighted by atomic mass is 35.5. The summed E-state index contributed by atoms with van der Waals surface area (Å²) in [4.78, 5) is 12.9. The molecule has 5 nitrogen and oxygen atoms in total. The van der Waals surface area contributed by atoms with Crippen molar-refractivity contribution in [1.29, 1.82) is 0 Å². The Morgan fingerprint density at radius 1 is 1.48 bits per heavy atom. The smallest absolute Gasteiger partial charge is 0.234 e. The van der Waals surface area contributed by atoms with Crippen molar-refractivity contribution in [2.45, 2.75) is 18.7 Å². The second-order valence-electron chi connectivity index (χ2n) is 4.70. The van der Waals surface area contributed by atoms with Gasteiger partial charge in [-0.15, -0.1) is 11.8 Å². The number of nitrogens with two attached hydrogens (primary N) is 1. The first-order chi connectivity index (χ1) is 9.88. The van der Waals surface area contributed by atoms with E-state index in [0.717, 1.165) is 22.0 Å². The van der Waals surface area contributed by atoms with Gasteiger partial charge in [0, 0.05) is 17.6 Å². The average Bonchev–Trinajstić information content (AvgIpc) is 2.64. The molecule has 0 atom stereocenters. The van der Waals surface area contributed by atoms with E-state index < -0.39 is 0 Å². The molecule has 0 saturated heterocycles. The number of halogens is 1. The van der Waals surface area contributed by atoms with Crippen LogP contribution in [0.15, 0.2) is 23.1 Å². The monoisotopic (exact) mass is 324 g/mol. The summed E-state index contributed by atoms with van der Waals surface area (Å²) in [6.45, 7) is 3.78. The third-order valence-corrected chi connectivity index (χ3v) is 4.59. The summed E-state index contributed by atoms with van der Waals surface area (Å²) in [5.41, 5.74) is 8.75. The van der Waals surface area contributed by atoms with E-state index in [2.05, 4.69) is 10.4 Å². The number of hydrogen-bond donors (Lipinski definition) is 2. The first kappa shape index (κ1) is 15.7. The molecule has 1 heterocycles. The second kappa shape index (κ2) is 6.41. The molecule has 0 aliphatic carbocycles. The van der Waals surface area contributed by atoms with Crippen LogP contribution >= 0.6 is 23.4 Å². The molecule has 0 aliphatic rings. The molecule has 7 heteroatoms. The van der Waals surface area contributed by atoms with Crippen LogP contribution in [0.3, 0.4) is 0 Å². The molecule has 0 unspecified atom stereocenters. The van der Waals surface area contributed by atoms with E-state index in [4.69, 9.17) is 17.3 Å². The van der Waals surface area contributed by atoms with E-state index in [9.17, 15) is 4.79 Å². The van der Waals surface area contributed by atoms with Crippen LogP contribution < -0.4 is 11.1 Å². The fourth-order valence-electron chi connectivity index (χ4n) is 1.91. The van der Waals surface area contributed by atoms with E-state index >= 15 is 0 Å². The fraction of sp³-hybridized carbons (Fsp3) is 0.286. The number of nitrogen functional groups attached to an aromatic ring is 1.